The van der Waals surface area contributed by atoms with Gasteiger partial charge in [-0.25, -0.2) is 0 Å². The monoisotopic (exact) mass is 154 g/mol. The summed E-state index contributed by atoms with van der Waals surface area (Å²) in [6, 6.07) is 7.72. The number of benzene rings is 1. The molecule has 1 aromatic carbocycles. The predicted octanol–water partition coefficient (Wildman–Crippen LogP) is -2.12. The van der Waals surface area contributed by atoms with Gasteiger partial charge < -0.3 is 9.84 Å². The van der Waals surface area contributed by atoms with Crippen molar-refractivity contribution in [2.24, 2.45) is 0 Å². The van der Waals surface area contributed by atoms with Crippen LogP contribution in [0.2, 0.25) is 0 Å². The predicted molar refractivity (Wildman–Crippen MR) is 39.2 cm³/mol. The number of fused-ring (bicyclic) bond motifs is 1. The molecule has 0 unspecified atom stereocenters. The fourth-order valence-electron chi connectivity index (χ4n) is 1.12. The maximum atomic E-state index is 10.7. The maximum absolute atomic E-state index is 10.7. The summed E-state index contributed by atoms with van der Waals surface area (Å²) in [7, 11) is 0. The first-order valence-corrected chi connectivity index (χ1v) is 3.46. The summed E-state index contributed by atoms with van der Waals surface area (Å²) >= 11 is 0. The molecule has 0 fully saturated rings. The number of hydrogen-bond donors (Lipinski definition) is 0. The molecular weight excluding hydrogens is 147 g/mol. The first-order valence-electron chi connectivity index (χ1n) is 3.46. The van der Waals surface area contributed by atoms with E-state index in [-0.39, 0.29) is 24.8 Å². The summed E-state index contributed by atoms with van der Waals surface area (Å²) in [4.78, 5) is 0. The minimum atomic E-state index is -0.247. The largest absolute Gasteiger partial charge is 1.00 e. The molecule has 1 aliphatic rings. The number of ether oxygens (including phenoxy) is 1. The molecule has 1 aliphatic heterocycles. The van der Waals surface area contributed by atoms with Gasteiger partial charge in [-0.2, -0.15) is 0 Å². The van der Waals surface area contributed by atoms with Crippen molar-refractivity contribution >= 4 is 6.08 Å². The van der Waals surface area contributed by atoms with Crippen LogP contribution in [0.4, 0.5) is 0 Å². The van der Waals surface area contributed by atoms with Crippen LogP contribution in [-0.2, 0) is 11.3 Å². The minimum Gasteiger partial charge on any atom is -0.609 e. The summed E-state index contributed by atoms with van der Waals surface area (Å²) in [5, 5.41) is 10.7. The fraction of sp³-hybridized carbons (Fsp3) is 0.111. The zero-order valence-corrected chi connectivity index (χ0v) is 6.91. The minimum absolute atomic E-state index is 0. The van der Waals surface area contributed by atoms with E-state index in [1.807, 2.05) is 24.3 Å². The Hall–Kier alpha value is -0.843. The molecule has 0 amide bonds. The molecule has 1 heterocycles. The van der Waals surface area contributed by atoms with Gasteiger partial charge in [-0.05, 0) is 17.2 Å². The van der Waals surface area contributed by atoms with Gasteiger partial charge in [0.2, 0.25) is 0 Å². The van der Waals surface area contributed by atoms with Crippen LogP contribution in [0.15, 0.2) is 30.2 Å². The number of rotatable bonds is 0. The quantitative estimate of drug-likeness (QED) is 0.400. The molecule has 12 heavy (non-hydrogen) atoms. The normalized spacial score (nSPS) is 13.5. The first-order chi connectivity index (χ1) is 5.36. The van der Waals surface area contributed by atoms with Crippen LogP contribution in [0.3, 0.4) is 0 Å². The van der Waals surface area contributed by atoms with E-state index in [2.05, 4.69) is 0 Å². The standard InChI is InChI=1S/C9H8O2.Li/c10-9-5-7-3-1-2-4-8(7)6-11-9;/h1-5,10H,6H2;/q;+1/p-1. The summed E-state index contributed by atoms with van der Waals surface area (Å²) in [5.74, 6) is -0.247. The average Bonchev–Trinajstić information content (AvgIpc) is 2.04. The molecule has 56 valence electrons. The zero-order chi connectivity index (χ0) is 7.68. The van der Waals surface area contributed by atoms with Crippen molar-refractivity contribution in [2.45, 2.75) is 6.61 Å². The summed E-state index contributed by atoms with van der Waals surface area (Å²) in [5.41, 5.74) is 2.05. The summed E-state index contributed by atoms with van der Waals surface area (Å²) < 4.78 is 4.81. The van der Waals surface area contributed by atoms with Crippen molar-refractivity contribution in [3.05, 3.63) is 41.3 Å². The molecular formula is C9H7LiO2. The van der Waals surface area contributed by atoms with Crippen LogP contribution in [0.25, 0.3) is 6.08 Å². The van der Waals surface area contributed by atoms with E-state index in [9.17, 15) is 5.11 Å². The van der Waals surface area contributed by atoms with Crippen molar-refractivity contribution in [1.82, 2.24) is 0 Å². The molecule has 0 atom stereocenters. The Morgan fingerprint density at radius 2 is 2.00 bits per heavy atom. The molecule has 0 saturated carbocycles. The Kier molecular flexibility index (Phi) is 2.86. The molecule has 2 rings (SSSR count). The molecule has 1 aromatic rings. The molecule has 0 bridgehead atoms. The third-order valence-corrected chi connectivity index (χ3v) is 1.70. The van der Waals surface area contributed by atoms with Crippen LogP contribution in [0.1, 0.15) is 11.1 Å². The molecule has 2 nitrogen and oxygen atoms in total. The van der Waals surface area contributed by atoms with Gasteiger partial charge in [0, 0.05) is 6.61 Å². The summed E-state index contributed by atoms with van der Waals surface area (Å²) in [6.45, 7) is 0.408. The van der Waals surface area contributed by atoms with Crippen LogP contribution >= 0.6 is 0 Å². The Morgan fingerprint density at radius 3 is 2.83 bits per heavy atom. The van der Waals surface area contributed by atoms with Crippen LogP contribution < -0.4 is 24.0 Å². The van der Waals surface area contributed by atoms with E-state index < -0.39 is 0 Å². The van der Waals surface area contributed by atoms with Gasteiger partial charge in [0.15, 0.2) is 0 Å². The van der Waals surface area contributed by atoms with Crippen LogP contribution in [0.5, 0.6) is 0 Å². The third-order valence-electron chi connectivity index (χ3n) is 1.70. The van der Waals surface area contributed by atoms with Crippen molar-refractivity contribution in [2.75, 3.05) is 0 Å². The maximum Gasteiger partial charge on any atom is 1.00 e. The van der Waals surface area contributed by atoms with E-state index in [1.165, 1.54) is 6.08 Å². The Morgan fingerprint density at radius 1 is 1.25 bits per heavy atom. The molecule has 0 radical (unpaired) electrons. The third kappa shape index (κ3) is 1.66. The second kappa shape index (κ2) is 3.71. The van der Waals surface area contributed by atoms with Gasteiger partial charge in [-0.1, -0.05) is 24.3 Å². The zero-order valence-electron chi connectivity index (χ0n) is 6.91. The van der Waals surface area contributed by atoms with E-state index in [1.54, 1.807) is 0 Å². The smallest absolute Gasteiger partial charge is 0.609 e. The van der Waals surface area contributed by atoms with Gasteiger partial charge >= 0.3 is 18.9 Å². The van der Waals surface area contributed by atoms with E-state index in [4.69, 9.17) is 4.74 Å². The van der Waals surface area contributed by atoms with Gasteiger partial charge in [-0.3, -0.25) is 0 Å². The molecule has 0 aliphatic carbocycles. The van der Waals surface area contributed by atoms with E-state index in [0.717, 1.165) is 11.1 Å². The Labute approximate surface area is 83.0 Å². The average molecular weight is 154 g/mol. The van der Waals surface area contributed by atoms with Crippen molar-refractivity contribution in [3.63, 3.8) is 0 Å². The Balaban J connectivity index is 0.000000720. The SMILES string of the molecule is [Li+].[O-]C1=Cc2ccccc2CO1. The van der Waals surface area contributed by atoms with Crippen molar-refractivity contribution in [3.8, 4) is 0 Å². The van der Waals surface area contributed by atoms with Crippen LogP contribution in [-0.4, -0.2) is 0 Å². The first kappa shape index (κ1) is 9.25. The fourth-order valence-corrected chi connectivity index (χ4v) is 1.12. The van der Waals surface area contributed by atoms with E-state index >= 15 is 0 Å². The Bertz CT molecular complexity index is 307. The van der Waals surface area contributed by atoms with Gasteiger partial charge in [0.05, 0.1) is 5.95 Å². The molecule has 0 N–H and O–H groups in total. The molecule has 3 heteroatoms. The molecule has 0 saturated heterocycles. The van der Waals surface area contributed by atoms with Crippen molar-refractivity contribution in [1.29, 1.82) is 0 Å². The second-order valence-electron chi connectivity index (χ2n) is 2.45. The second-order valence-corrected chi connectivity index (χ2v) is 2.45. The van der Waals surface area contributed by atoms with Gasteiger partial charge in [-0.15, -0.1) is 0 Å². The molecule has 0 spiro atoms. The topological polar surface area (TPSA) is 32.3 Å². The van der Waals surface area contributed by atoms with Crippen LogP contribution in [0, 0.1) is 0 Å². The van der Waals surface area contributed by atoms with Gasteiger partial charge in [0.1, 0.15) is 0 Å². The molecule has 0 aromatic heterocycles. The summed E-state index contributed by atoms with van der Waals surface area (Å²) in [6.07, 6.45) is 1.51. The number of hydrogen-bond acceptors (Lipinski definition) is 2. The van der Waals surface area contributed by atoms with Crippen molar-refractivity contribution < 1.29 is 28.7 Å². The van der Waals surface area contributed by atoms with E-state index in [0.29, 0.717) is 6.61 Å². The van der Waals surface area contributed by atoms with Gasteiger partial charge in [0.25, 0.3) is 0 Å².